The van der Waals surface area contributed by atoms with E-state index >= 15 is 0 Å². The molecule has 106 valence electrons. The van der Waals surface area contributed by atoms with E-state index in [2.05, 4.69) is 10.3 Å². The Morgan fingerprint density at radius 1 is 1.25 bits per heavy atom. The highest BCUT2D eigenvalue weighted by molar-refractivity contribution is 7.15. The van der Waals surface area contributed by atoms with Crippen LogP contribution in [0.25, 0.3) is 10.6 Å². The van der Waals surface area contributed by atoms with Gasteiger partial charge in [0.15, 0.2) is 17.5 Å². The van der Waals surface area contributed by atoms with Gasteiger partial charge in [-0.2, -0.15) is 0 Å². The van der Waals surface area contributed by atoms with Gasteiger partial charge in [-0.1, -0.05) is 0 Å². The third-order valence-electron chi connectivity index (χ3n) is 3.53. The second-order valence-corrected chi connectivity index (χ2v) is 5.85. The molecule has 0 radical (unpaired) electrons. The molecule has 0 saturated carbocycles. The first-order valence-corrected chi connectivity index (χ1v) is 7.23. The third-order valence-corrected chi connectivity index (χ3v) is 4.79. The van der Waals surface area contributed by atoms with Crippen LogP contribution in [0.4, 0.5) is 13.2 Å². The van der Waals surface area contributed by atoms with E-state index in [1.54, 1.807) is 0 Å². The molecule has 0 spiro atoms. The summed E-state index contributed by atoms with van der Waals surface area (Å²) in [6, 6.07) is 2.23. The fourth-order valence-corrected chi connectivity index (χ4v) is 3.74. The monoisotopic (exact) mass is 298 g/mol. The van der Waals surface area contributed by atoms with Crippen molar-refractivity contribution in [2.24, 2.45) is 0 Å². The molecule has 0 saturated heterocycles. The van der Waals surface area contributed by atoms with E-state index in [4.69, 9.17) is 0 Å². The summed E-state index contributed by atoms with van der Waals surface area (Å²) in [5.41, 5.74) is 1.26. The van der Waals surface area contributed by atoms with Gasteiger partial charge in [-0.25, -0.2) is 18.2 Å². The Kier molecular flexibility index (Phi) is 3.52. The van der Waals surface area contributed by atoms with Gasteiger partial charge in [0.05, 0.1) is 5.69 Å². The van der Waals surface area contributed by atoms with Crippen LogP contribution in [-0.2, 0) is 6.42 Å². The molecule has 0 amide bonds. The maximum absolute atomic E-state index is 13.3. The quantitative estimate of drug-likeness (QED) is 0.853. The molecule has 2 aromatic rings. The van der Waals surface area contributed by atoms with Crippen molar-refractivity contribution < 1.29 is 13.2 Å². The highest BCUT2D eigenvalue weighted by Gasteiger charge is 2.24. The maximum atomic E-state index is 13.3. The molecule has 1 heterocycles. The number of fused-ring (bicyclic) bond motifs is 1. The van der Waals surface area contributed by atoms with Crippen molar-refractivity contribution in [3.05, 3.63) is 40.2 Å². The van der Waals surface area contributed by atoms with Gasteiger partial charge >= 0.3 is 0 Å². The van der Waals surface area contributed by atoms with E-state index in [0.717, 1.165) is 42.0 Å². The Labute approximate surface area is 118 Å². The average molecular weight is 298 g/mol. The van der Waals surface area contributed by atoms with Crippen molar-refractivity contribution in [2.45, 2.75) is 25.3 Å². The highest BCUT2D eigenvalue weighted by Crippen LogP contribution is 2.38. The van der Waals surface area contributed by atoms with Crippen LogP contribution in [-0.4, -0.2) is 12.0 Å². The number of hydrogen-bond donors (Lipinski definition) is 1. The van der Waals surface area contributed by atoms with E-state index in [0.29, 0.717) is 5.01 Å². The van der Waals surface area contributed by atoms with Gasteiger partial charge in [0.25, 0.3) is 0 Å². The molecule has 1 unspecified atom stereocenters. The molecule has 0 fully saturated rings. The Bertz CT molecular complexity index is 631. The zero-order chi connectivity index (χ0) is 14.3. The number of halogens is 3. The molecule has 1 aliphatic carbocycles. The van der Waals surface area contributed by atoms with Crippen molar-refractivity contribution >= 4 is 11.3 Å². The van der Waals surface area contributed by atoms with E-state index in [1.807, 2.05) is 7.05 Å². The summed E-state index contributed by atoms with van der Waals surface area (Å²) in [6.45, 7) is 0. The lowest BCUT2D eigenvalue weighted by atomic mass is 9.98. The first-order valence-electron chi connectivity index (χ1n) is 6.42. The molecular weight excluding hydrogens is 285 g/mol. The molecule has 0 bridgehead atoms. The fraction of sp³-hybridized carbons (Fsp3) is 0.357. The van der Waals surface area contributed by atoms with Crippen LogP contribution in [0.15, 0.2) is 12.1 Å². The first-order chi connectivity index (χ1) is 9.60. The lowest BCUT2D eigenvalue weighted by molar-refractivity contribution is 0.447. The minimum Gasteiger partial charge on any atom is -0.312 e. The smallest absolute Gasteiger partial charge is 0.194 e. The zero-order valence-electron chi connectivity index (χ0n) is 10.8. The summed E-state index contributed by atoms with van der Waals surface area (Å²) >= 11 is 1.41. The second kappa shape index (κ2) is 5.18. The second-order valence-electron chi connectivity index (χ2n) is 4.82. The topological polar surface area (TPSA) is 24.9 Å². The first kappa shape index (κ1) is 13.6. The maximum Gasteiger partial charge on any atom is 0.194 e. The van der Waals surface area contributed by atoms with Crippen molar-refractivity contribution in [1.29, 1.82) is 0 Å². The number of nitrogens with one attached hydrogen (secondary N) is 1. The highest BCUT2D eigenvalue weighted by atomic mass is 32.1. The molecule has 1 aliphatic rings. The Hall–Kier alpha value is -1.40. The molecule has 2 nitrogen and oxygen atoms in total. The lowest BCUT2D eigenvalue weighted by Crippen LogP contribution is -2.19. The summed E-state index contributed by atoms with van der Waals surface area (Å²) in [5, 5.41) is 3.76. The minimum atomic E-state index is -1.44. The van der Waals surface area contributed by atoms with Gasteiger partial charge in [0, 0.05) is 16.5 Å². The molecular formula is C14H13F3N2S. The van der Waals surface area contributed by atoms with Crippen LogP contribution in [0.1, 0.15) is 29.5 Å². The van der Waals surface area contributed by atoms with Crippen molar-refractivity contribution in [2.75, 3.05) is 7.05 Å². The number of aromatic nitrogens is 1. The van der Waals surface area contributed by atoms with E-state index < -0.39 is 17.5 Å². The Morgan fingerprint density at radius 2 is 1.95 bits per heavy atom. The largest absolute Gasteiger partial charge is 0.312 e. The Morgan fingerprint density at radius 3 is 2.60 bits per heavy atom. The molecule has 1 atom stereocenters. The van der Waals surface area contributed by atoms with Gasteiger partial charge in [-0.05, 0) is 38.4 Å². The van der Waals surface area contributed by atoms with E-state index in [1.165, 1.54) is 11.3 Å². The van der Waals surface area contributed by atoms with Crippen LogP contribution in [0.2, 0.25) is 0 Å². The van der Waals surface area contributed by atoms with Gasteiger partial charge in [0.2, 0.25) is 0 Å². The van der Waals surface area contributed by atoms with Gasteiger partial charge < -0.3 is 5.32 Å². The summed E-state index contributed by atoms with van der Waals surface area (Å²) in [4.78, 5) is 5.56. The number of thiazole rings is 1. The molecule has 1 N–H and O–H groups in total. The standard InChI is InChI=1S/C14H13F3N2S/c1-18-10-3-2-4-11-13(10)20-14(19-11)7-5-8(15)12(17)9(16)6-7/h5-6,10,18H,2-4H2,1H3. The third kappa shape index (κ3) is 2.23. The van der Waals surface area contributed by atoms with Crippen LogP contribution >= 0.6 is 11.3 Å². The Balaban J connectivity index is 2.06. The van der Waals surface area contributed by atoms with Crippen LogP contribution < -0.4 is 5.32 Å². The summed E-state index contributed by atoms with van der Waals surface area (Å²) in [5.74, 6) is -3.81. The zero-order valence-corrected chi connectivity index (χ0v) is 11.7. The minimum absolute atomic E-state index is 0.236. The number of rotatable bonds is 2. The van der Waals surface area contributed by atoms with Crippen LogP contribution in [0, 0.1) is 17.5 Å². The number of nitrogens with zero attached hydrogens (tertiary/aromatic N) is 1. The molecule has 1 aromatic heterocycles. The molecule has 20 heavy (non-hydrogen) atoms. The SMILES string of the molecule is CNC1CCCc2nc(-c3cc(F)c(F)c(F)c3)sc21. The molecule has 1 aromatic carbocycles. The van der Waals surface area contributed by atoms with Gasteiger partial charge in [-0.15, -0.1) is 11.3 Å². The number of aryl methyl sites for hydroxylation is 1. The number of hydrogen-bond acceptors (Lipinski definition) is 3. The molecule has 3 rings (SSSR count). The predicted molar refractivity (Wildman–Crippen MR) is 72.2 cm³/mol. The normalized spacial score (nSPS) is 18.1. The van der Waals surface area contributed by atoms with Crippen molar-refractivity contribution in [1.82, 2.24) is 10.3 Å². The summed E-state index contributed by atoms with van der Waals surface area (Å²) in [7, 11) is 1.89. The molecule has 6 heteroatoms. The number of benzene rings is 1. The van der Waals surface area contributed by atoms with Gasteiger partial charge in [0.1, 0.15) is 5.01 Å². The average Bonchev–Trinajstić information content (AvgIpc) is 2.88. The van der Waals surface area contributed by atoms with Gasteiger partial charge in [-0.3, -0.25) is 0 Å². The van der Waals surface area contributed by atoms with Crippen molar-refractivity contribution in [3.8, 4) is 10.6 Å². The van der Waals surface area contributed by atoms with Crippen molar-refractivity contribution in [3.63, 3.8) is 0 Å². The fourth-order valence-electron chi connectivity index (χ4n) is 2.50. The van der Waals surface area contributed by atoms with E-state index in [9.17, 15) is 13.2 Å². The van der Waals surface area contributed by atoms with Crippen LogP contribution in [0.5, 0.6) is 0 Å². The lowest BCUT2D eigenvalue weighted by Gasteiger charge is -2.19. The van der Waals surface area contributed by atoms with Crippen LogP contribution in [0.3, 0.4) is 0 Å². The summed E-state index contributed by atoms with van der Waals surface area (Å²) in [6.07, 6.45) is 2.93. The predicted octanol–water partition coefficient (Wildman–Crippen LogP) is 3.82. The molecule has 0 aliphatic heterocycles. The summed E-state index contributed by atoms with van der Waals surface area (Å²) < 4.78 is 39.6. The van der Waals surface area contributed by atoms with E-state index in [-0.39, 0.29) is 11.6 Å².